The van der Waals surface area contributed by atoms with Gasteiger partial charge in [0.2, 0.25) is 0 Å². The molecule has 0 aliphatic carbocycles. The molecule has 2 N–H and O–H groups in total. The molecule has 2 heterocycles. The Morgan fingerprint density at radius 1 is 1.17 bits per heavy atom. The van der Waals surface area contributed by atoms with Gasteiger partial charge in [-0.1, -0.05) is 18.2 Å². The monoisotopic (exact) mass is 402 g/mol. The normalized spacial score (nSPS) is 14.4. The van der Waals surface area contributed by atoms with Crippen molar-refractivity contribution in [1.82, 2.24) is 19.6 Å². The standard InChI is InChI=1S/C19H24N4O3.CH2O2/c1-2-23-14-16(12-20-23)18(24)22-9-5-8-21(10-11-22)13-15-6-3-4-7-17(15)19(25)26;2-1-3/h3-4,6-7,12,14H,2,5,8-11,13H2,1H3,(H,25,26);1H,(H,2,3). The lowest BCUT2D eigenvalue weighted by Gasteiger charge is -2.22. The van der Waals surface area contributed by atoms with Crippen LogP contribution in [0, 0.1) is 0 Å². The summed E-state index contributed by atoms with van der Waals surface area (Å²) in [6.07, 6.45) is 4.27. The SMILES string of the molecule is CCn1cc(C(=O)N2CCCN(Cc3ccccc3C(=O)O)CC2)cn1.O=CO. The van der Waals surface area contributed by atoms with Gasteiger partial charge in [0.1, 0.15) is 0 Å². The van der Waals surface area contributed by atoms with Crippen molar-refractivity contribution in [3.8, 4) is 0 Å². The van der Waals surface area contributed by atoms with Crippen LogP contribution in [0.2, 0.25) is 0 Å². The molecular weight excluding hydrogens is 376 g/mol. The van der Waals surface area contributed by atoms with Crippen molar-refractivity contribution >= 4 is 18.3 Å². The number of carbonyl (C=O) groups is 3. The van der Waals surface area contributed by atoms with Gasteiger partial charge in [0.05, 0.1) is 17.3 Å². The van der Waals surface area contributed by atoms with Gasteiger partial charge in [0.15, 0.2) is 0 Å². The second-order valence-electron chi connectivity index (χ2n) is 6.57. The smallest absolute Gasteiger partial charge is 0.336 e. The number of amides is 1. The van der Waals surface area contributed by atoms with Crippen molar-refractivity contribution in [3.63, 3.8) is 0 Å². The molecule has 1 amide bonds. The average molecular weight is 402 g/mol. The molecule has 9 nitrogen and oxygen atoms in total. The Labute approximate surface area is 169 Å². The first-order chi connectivity index (χ1) is 14.0. The van der Waals surface area contributed by atoms with Gasteiger partial charge in [-0.05, 0) is 25.0 Å². The van der Waals surface area contributed by atoms with Gasteiger partial charge in [-0.15, -0.1) is 0 Å². The molecule has 0 atom stereocenters. The molecule has 0 unspecified atom stereocenters. The maximum atomic E-state index is 12.7. The van der Waals surface area contributed by atoms with Gasteiger partial charge in [0, 0.05) is 45.5 Å². The van der Waals surface area contributed by atoms with E-state index < -0.39 is 5.97 Å². The molecule has 1 fully saturated rings. The maximum absolute atomic E-state index is 12.7. The fourth-order valence-corrected chi connectivity index (χ4v) is 3.27. The summed E-state index contributed by atoms with van der Waals surface area (Å²) in [7, 11) is 0. The summed E-state index contributed by atoms with van der Waals surface area (Å²) in [5, 5.41) is 20.4. The fourth-order valence-electron chi connectivity index (χ4n) is 3.27. The maximum Gasteiger partial charge on any atom is 0.336 e. The number of carboxylic acid groups (broad SMARTS) is 2. The molecule has 0 radical (unpaired) electrons. The molecule has 1 aromatic carbocycles. The third-order valence-corrected chi connectivity index (χ3v) is 4.72. The van der Waals surface area contributed by atoms with E-state index in [1.54, 1.807) is 29.2 Å². The third-order valence-electron chi connectivity index (χ3n) is 4.72. The number of hydrogen-bond donors (Lipinski definition) is 2. The summed E-state index contributed by atoms with van der Waals surface area (Å²) >= 11 is 0. The highest BCUT2D eigenvalue weighted by molar-refractivity contribution is 5.93. The first-order valence-electron chi connectivity index (χ1n) is 9.43. The van der Waals surface area contributed by atoms with Crippen LogP contribution in [0.1, 0.15) is 39.6 Å². The summed E-state index contributed by atoms with van der Waals surface area (Å²) in [6.45, 7) is 5.95. The van der Waals surface area contributed by atoms with E-state index in [1.807, 2.05) is 24.0 Å². The Morgan fingerprint density at radius 3 is 2.55 bits per heavy atom. The lowest BCUT2D eigenvalue weighted by molar-refractivity contribution is -0.122. The van der Waals surface area contributed by atoms with Gasteiger partial charge >= 0.3 is 5.97 Å². The molecule has 0 spiro atoms. The lowest BCUT2D eigenvalue weighted by Crippen LogP contribution is -2.35. The van der Waals surface area contributed by atoms with Crippen LogP contribution in [-0.4, -0.2) is 74.3 Å². The molecule has 0 saturated carbocycles. The van der Waals surface area contributed by atoms with Crippen molar-refractivity contribution in [2.45, 2.75) is 26.4 Å². The predicted octanol–water partition coefficient (Wildman–Crippen LogP) is 1.65. The Kier molecular flexibility index (Phi) is 8.35. The second-order valence-corrected chi connectivity index (χ2v) is 6.57. The van der Waals surface area contributed by atoms with Crippen molar-refractivity contribution < 1.29 is 24.6 Å². The van der Waals surface area contributed by atoms with E-state index in [9.17, 15) is 14.7 Å². The van der Waals surface area contributed by atoms with Crippen molar-refractivity contribution in [2.24, 2.45) is 0 Å². The molecule has 2 aromatic rings. The molecule has 0 bridgehead atoms. The molecule has 156 valence electrons. The lowest BCUT2D eigenvalue weighted by atomic mass is 10.1. The van der Waals surface area contributed by atoms with Gasteiger partial charge in [0.25, 0.3) is 12.4 Å². The van der Waals surface area contributed by atoms with Gasteiger partial charge < -0.3 is 15.1 Å². The summed E-state index contributed by atoms with van der Waals surface area (Å²) in [4.78, 5) is 36.5. The zero-order valence-corrected chi connectivity index (χ0v) is 16.4. The van der Waals surface area contributed by atoms with E-state index in [0.717, 1.165) is 31.6 Å². The number of carbonyl (C=O) groups excluding carboxylic acids is 1. The van der Waals surface area contributed by atoms with Crippen LogP contribution in [-0.2, 0) is 17.9 Å². The summed E-state index contributed by atoms with van der Waals surface area (Å²) in [6, 6.07) is 7.10. The second kappa shape index (κ2) is 11.0. The number of hydrogen-bond acceptors (Lipinski definition) is 5. The molecule has 1 aromatic heterocycles. The fraction of sp³-hybridized carbons (Fsp3) is 0.400. The number of rotatable bonds is 5. The Bertz CT molecular complexity index is 836. The summed E-state index contributed by atoms with van der Waals surface area (Å²) in [5.74, 6) is -0.891. The van der Waals surface area contributed by atoms with E-state index >= 15 is 0 Å². The largest absolute Gasteiger partial charge is 0.483 e. The number of aromatic nitrogens is 2. The number of nitrogens with zero attached hydrogens (tertiary/aromatic N) is 4. The van der Waals surface area contributed by atoms with Crippen molar-refractivity contribution in [3.05, 3.63) is 53.3 Å². The zero-order chi connectivity index (χ0) is 21.2. The molecule has 3 rings (SSSR count). The Hall–Kier alpha value is -3.20. The Balaban J connectivity index is 0.000000941. The van der Waals surface area contributed by atoms with E-state index in [-0.39, 0.29) is 12.4 Å². The van der Waals surface area contributed by atoms with Crippen LogP contribution in [0.25, 0.3) is 0 Å². The quantitative estimate of drug-likeness (QED) is 0.731. The summed E-state index contributed by atoms with van der Waals surface area (Å²) < 4.78 is 1.75. The summed E-state index contributed by atoms with van der Waals surface area (Å²) in [5.41, 5.74) is 1.78. The first kappa shape index (κ1) is 22.1. The van der Waals surface area contributed by atoms with Crippen molar-refractivity contribution in [1.29, 1.82) is 0 Å². The van der Waals surface area contributed by atoms with Crippen LogP contribution in [0.4, 0.5) is 0 Å². The van der Waals surface area contributed by atoms with Gasteiger partial charge in [-0.2, -0.15) is 5.10 Å². The highest BCUT2D eigenvalue weighted by atomic mass is 16.4. The molecular formula is C20H26N4O5. The molecule has 1 aliphatic rings. The predicted molar refractivity (Wildman–Crippen MR) is 106 cm³/mol. The molecule has 1 aliphatic heterocycles. The minimum atomic E-state index is -0.903. The number of carboxylic acids is 1. The average Bonchev–Trinajstić information content (AvgIpc) is 3.08. The molecule has 9 heteroatoms. The highest BCUT2D eigenvalue weighted by Crippen LogP contribution is 2.15. The Morgan fingerprint density at radius 2 is 1.90 bits per heavy atom. The molecule has 1 saturated heterocycles. The number of aryl methyl sites for hydroxylation is 1. The number of benzene rings is 1. The van der Waals surface area contributed by atoms with Crippen LogP contribution < -0.4 is 0 Å². The molecule has 29 heavy (non-hydrogen) atoms. The van der Waals surface area contributed by atoms with Crippen LogP contribution in [0.15, 0.2) is 36.7 Å². The minimum absolute atomic E-state index is 0.0116. The zero-order valence-electron chi connectivity index (χ0n) is 16.4. The number of aromatic carboxylic acids is 1. The van der Waals surface area contributed by atoms with Crippen LogP contribution >= 0.6 is 0 Å². The van der Waals surface area contributed by atoms with E-state index in [2.05, 4.69) is 10.00 Å². The van der Waals surface area contributed by atoms with Gasteiger partial charge in [-0.25, -0.2) is 4.79 Å². The van der Waals surface area contributed by atoms with Crippen LogP contribution in [0.5, 0.6) is 0 Å². The van der Waals surface area contributed by atoms with Crippen molar-refractivity contribution in [2.75, 3.05) is 26.2 Å². The first-order valence-corrected chi connectivity index (χ1v) is 9.43. The van der Waals surface area contributed by atoms with E-state index in [1.165, 1.54) is 0 Å². The van der Waals surface area contributed by atoms with Gasteiger partial charge in [-0.3, -0.25) is 19.2 Å². The highest BCUT2D eigenvalue weighted by Gasteiger charge is 2.22. The third kappa shape index (κ3) is 6.15. The minimum Gasteiger partial charge on any atom is -0.483 e. The van der Waals surface area contributed by atoms with E-state index in [4.69, 9.17) is 9.90 Å². The topological polar surface area (TPSA) is 116 Å². The van der Waals surface area contributed by atoms with E-state index in [0.29, 0.717) is 30.8 Å². The van der Waals surface area contributed by atoms with Crippen LogP contribution in [0.3, 0.4) is 0 Å².